The van der Waals surface area contributed by atoms with Gasteiger partial charge in [-0.3, -0.25) is 0 Å². The van der Waals surface area contributed by atoms with Crippen LogP contribution in [0.15, 0.2) is 54.6 Å². The Morgan fingerprint density at radius 2 is 1.00 bits per heavy atom. The summed E-state index contributed by atoms with van der Waals surface area (Å²) in [5, 5.41) is 0. The van der Waals surface area contributed by atoms with E-state index in [-0.39, 0.29) is 11.1 Å². The predicted molar refractivity (Wildman–Crippen MR) is 77.1 cm³/mol. The van der Waals surface area contributed by atoms with Crippen molar-refractivity contribution < 1.29 is 22.0 Å². The Morgan fingerprint density at radius 3 is 1.61 bits per heavy atom. The zero-order chi connectivity index (χ0) is 16.6. The number of halogens is 5. The second-order valence-corrected chi connectivity index (χ2v) is 4.85. The van der Waals surface area contributed by atoms with Crippen LogP contribution < -0.4 is 0 Å². The van der Waals surface area contributed by atoms with Gasteiger partial charge in [-0.05, 0) is 11.6 Å². The third-order valence-electron chi connectivity index (χ3n) is 3.47. The minimum absolute atomic E-state index is 0.112. The van der Waals surface area contributed by atoms with Crippen molar-refractivity contribution in [2.45, 2.75) is 0 Å². The zero-order valence-electron chi connectivity index (χ0n) is 11.6. The van der Waals surface area contributed by atoms with Gasteiger partial charge in [0, 0.05) is 16.7 Å². The molecular formula is C18H9F5. The van der Waals surface area contributed by atoms with Gasteiger partial charge in [-0.15, -0.1) is 0 Å². The van der Waals surface area contributed by atoms with Crippen LogP contribution in [0.3, 0.4) is 0 Å². The summed E-state index contributed by atoms with van der Waals surface area (Å²) < 4.78 is 69.9. The van der Waals surface area contributed by atoms with E-state index in [1.165, 1.54) is 42.5 Å². The van der Waals surface area contributed by atoms with Gasteiger partial charge in [-0.25, -0.2) is 22.0 Å². The Labute approximate surface area is 128 Å². The van der Waals surface area contributed by atoms with Crippen molar-refractivity contribution in [2.75, 3.05) is 0 Å². The van der Waals surface area contributed by atoms with Gasteiger partial charge in [0.15, 0.2) is 23.3 Å². The lowest BCUT2D eigenvalue weighted by Crippen LogP contribution is -2.04. The highest BCUT2D eigenvalue weighted by Gasteiger charge is 2.28. The van der Waals surface area contributed by atoms with Crippen molar-refractivity contribution in [3.05, 3.63) is 83.7 Å². The van der Waals surface area contributed by atoms with Crippen LogP contribution in [0.2, 0.25) is 0 Å². The first kappa shape index (κ1) is 15.2. The summed E-state index contributed by atoms with van der Waals surface area (Å²) in [5.74, 6) is -7.96. The van der Waals surface area contributed by atoms with Crippen LogP contribution in [0.5, 0.6) is 0 Å². The van der Waals surface area contributed by atoms with Crippen molar-refractivity contribution in [3.63, 3.8) is 0 Å². The second kappa shape index (κ2) is 5.83. The number of hydrogen-bond donors (Lipinski definition) is 0. The van der Waals surface area contributed by atoms with Gasteiger partial charge < -0.3 is 0 Å². The van der Waals surface area contributed by atoms with Gasteiger partial charge in [-0.1, -0.05) is 48.5 Å². The molecule has 3 aromatic rings. The first-order valence-corrected chi connectivity index (χ1v) is 6.68. The molecule has 0 spiro atoms. The molecule has 0 saturated heterocycles. The summed E-state index contributed by atoms with van der Waals surface area (Å²) in [5.41, 5.74) is -1.40. The normalized spacial score (nSPS) is 10.8. The fraction of sp³-hybridized carbons (Fsp3) is 0. The highest BCUT2D eigenvalue weighted by molar-refractivity contribution is 5.84. The van der Waals surface area contributed by atoms with E-state index < -0.39 is 40.2 Å². The first-order valence-electron chi connectivity index (χ1n) is 6.68. The SMILES string of the molecule is Fc1ccccc1-c1c(F)c(F)c(F)c(F)c1-c1ccccc1. The van der Waals surface area contributed by atoms with E-state index in [1.54, 1.807) is 6.07 Å². The molecule has 3 rings (SSSR count). The molecule has 0 fully saturated rings. The average molecular weight is 320 g/mol. The molecule has 0 bridgehead atoms. The summed E-state index contributed by atoms with van der Waals surface area (Å²) in [6, 6.07) is 12.4. The lowest BCUT2D eigenvalue weighted by molar-refractivity contribution is 0.412. The van der Waals surface area contributed by atoms with E-state index in [0.29, 0.717) is 0 Å². The standard InChI is InChI=1S/C18H9F5/c19-12-9-5-4-8-11(12)14-13(10-6-2-1-3-7-10)15(20)17(22)18(23)16(14)21/h1-9H. The van der Waals surface area contributed by atoms with Gasteiger partial charge in [0.05, 0.1) is 0 Å². The Balaban J connectivity index is 2.46. The maximum Gasteiger partial charge on any atom is 0.198 e. The van der Waals surface area contributed by atoms with Gasteiger partial charge in [-0.2, -0.15) is 0 Å². The third kappa shape index (κ3) is 2.48. The van der Waals surface area contributed by atoms with E-state index >= 15 is 0 Å². The Bertz CT molecular complexity index is 872. The van der Waals surface area contributed by atoms with E-state index in [1.807, 2.05) is 0 Å². The van der Waals surface area contributed by atoms with Crippen LogP contribution in [0.25, 0.3) is 22.3 Å². The van der Waals surface area contributed by atoms with Crippen LogP contribution in [-0.2, 0) is 0 Å². The van der Waals surface area contributed by atoms with Gasteiger partial charge in [0.1, 0.15) is 5.82 Å². The fourth-order valence-corrected chi connectivity index (χ4v) is 2.42. The molecule has 0 unspecified atom stereocenters. The van der Waals surface area contributed by atoms with E-state index in [4.69, 9.17) is 0 Å². The largest absolute Gasteiger partial charge is 0.206 e. The molecule has 0 aliphatic carbocycles. The summed E-state index contributed by atoms with van der Waals surface area (Å²) in [6.07, 6.45) is 0. The number of benzene rings is 3. The smallest absolute Gasteiger partial charge is 0.198 e. The molecule has 0 nitrogen and oxygen atoms in total. The van der Waals surface area contributed by atoms with Crippen LogP contribution in [-0.4, -0.2) is 0 Å². The summed E-state index contributed by atoms with van der Waals surface area (Å²) in [6.45, 7) is 0. The fourth-order valence-electron chi connectivity index (χ4n) is 2.42. The van der Waals surface area contributed by atoms with Crippen LogP contribution in [0.4, 0.5) is 22.0 Å². The van der Waals surface area contributed by atoms with Crippen molar-refractivity contribution in [1.29, 1.82) is 0 Å². The minimum atomic E-state index is -1.97. The average Bonchev–Trinajstić information content (AvgIpc) is 2.58. The molecule has 0 amide bonds. The topological polar surface area (TPSA) is 0 Å². The molecule has 0 radical (unpaired) electrons. The maximum atomic E-state index is 14.3. The van der Waals surface area contributed by atoms with Crippen LogP contribution in [0, 0.1) is 29.1 Å². The lowest BCUT2D eigenvalue weighted by atomic mass is 9.92. The maximum absolute atomic E-state index is 14.3. The van der Waals surface area contributed by atoms with E-state index in [0.717, 1.165) is 6.07 Å². The Hall–Kier alpha value is -2.69. The van der Waals surface area contributed by atoms with Gasteiger partial charge in [0.25, 0.3) is 0 Å². The monoisotopic (exact) mass is 320 g/mol. The first-order chi connectivity index (χ1) is 11.0. The lowest BCUT2D eigenvalue weighted by Gasteiger charge is -2.14. The van der Waals surface area contributed by atoms with Crippen molar-refractivity contribution in [2.24, 2.45) is 0 Å². The summed E-state index contributed by atoms with van der Waals surface area (Å²) >= 11 is 0. The van der Waals surface area contributed by atoms with E-state index in [9.17, 15) is 22.0 Å². The molecular weight excluding hydrogens is 311 g/mol. The quantitative estimate of drug-likeness (QED) is 0.322. The molecule has 5 heteroatoms. The zero-order valence-corrected chi connectivity index (χ0v) is 11.6. The highest BCUT2D eigenvalue weighted by atomic mass is 19.2. The molecule has 0 aliphatic rings. The van der Waals surface area contributed by atoms with Crippen molar-refractivity contribution in [1.82, 2.24) is 0 Å². The molecule has 23 heavy (non-hydrogen) atoms. The Morgan fingerprint density at radius 1 is 0.478 bits per heavy atom. The van der Waals surface area contributed by atoms with E-state index in [2.05, 4.69) is 0 Å². The predicted octanol–water partition coefficient (Wildman–Crippen LogP) is 5.72. The van der Waals surface area contributed by atoms with Crippen LogP contribution >= 0.6 is 0 Å². The second-order valence-electron chi connectivity index (χ2n) is 4.85. The molecule has 0 atom stereocenters. The summed E-state index contributed by atoms with van der Waals surface area (Å²) in [7, 11) is 0. The third-order valence-corrected chi connectivity index (χ3v) is 3.47. The molecule has 3 aromatic carbocycles. The number of rotatable bonds is 2. The minimum Gasteiger partial charge on any atom is -0.206 e. The highest BCUT2D eigenvalue weighted by Crippen LogP contribution is 2.39. The Kier molecular flexibility index (Phi) is 3.86. The van der Waals surface area contributed by atoms with Gasteiger partial charge in [0.2, 0.25) is 0 Å². The van der Waals surface area contributed by atoms with Crippen molar-refractivity contribution in [3.8, 4) is 22.3 Å². The van der Waals surface area contributed by atoms with Gasteiger partial charge >= 0.3 is 0 Å². The summed E-state index contributed by atoms with van der Waals surface area (Å²) in [4.78, 5) is 0. The number of hydrogen-bond acceptors (Lipinski definition) is 0. The molecule has 0 aromatic heterocycles. The molecule has 0 saturated carbocycles. The molecule has 116 valence electrons. The van der Waals surface area contributed by atoms with Crippen LogP contribution in [0.1, 0.15) is 0 Å². The molecule has 0 heterocycles. The molecule has 0 N–H and O–H groups in total. The van der Waals surface area contributed by atoms with Crippen molar-refractivity contribution >= 4 is 0 Å². The molecule has 0 aliphatic heterocycles.